The topological polar surface area (TPSA) is 134 Å². The molecule has 0 saturated carbocycles. The monoisotopic (exact) mass is 673 g/mol. The largest absolute Gasteiger partial charge is 0.494 e. The highest BCUT2D eigenvalue weighted by molar-refractivity contribution is 7.92. The number of hydrogen-bond acceptors (Lipinski definition) is 7. The van der Waals surface area contributed by atoms with E-state index < -0.39 is 22.0 Å². The number of hydrogen-bond donors (Lipinski definition) is 3. The SMILES string of the molecule is Cc1c(NS(C)(=O)=O)cccc1N(Cc1ccccc1)Cc1ccc(Oc2ccc(OCCCC(=O)N[C@H](C(=O)O)C(C)C)cc2)cc1. The zero-order valence-electron chi connectivity index (χ0n) is 27.7. The van der Waals surface area contributed by atoms with Crippen LogP contribution in [0.5, 0.6) is 17.2 Å². The molecule has 4 aromatic carbocycles. The fraction of sp³-hybridized carbons (Fsp3) is 0.297. The van der Waals surface area contributed by atoms with Gasteiger partial charge in [0, 0.05) is 25.2 Å². The molecule has 48 heavy (non-hydrogen) atoms. The molecule has 0 aromatic heterocycles. The van der Waals surface area contributed by atoms with Gasteiger partial charge in [0.15, 0.2) is 0 Å². The maximum Gasteiger partial charge on any atom is 0.326 e. The van der Waals surface area contributed by atoms with Gasteiger partial charge in [-0.1, -0.05) is 62.4 Å². The summed E-state index contributed by atoms with van der Waals surface area (Å²) in [6, 6.07) is 29.9. The normalized spacial score (nSPS) is 11.9. The van der Waals surface area contributed by atoms with Crippen molar-refractivity contribution in [2.24, 2.45) is 5.92 Å². The highest BCUT2D eigenvalue weighted by atomic mass is 32.2. The maximum atomic E-state index is 12.1. The average Bonchev–Trinajstić information content (AvgIpc) is 3.04. The van der Waals surface area contributed by atoms with E-state index in [1.54, 1.807) is 44.2 Å². The Morgan fingerprint density at radius 3 is 1.98 bits per heavy atom. The Morgan fingerprint density at radius 2 is 1.40 bits per heavy atom. The molecule has 0 fully saturated rings. The molecule has 4 aromatic rings. The third-order valence-corrected chi connectivity index (χ3v) is 8.17. The van der Waals surface area contributed by atoms with Crippen LogP contribution in [0.15, 0.2) is 97.1 Å². The number of amides is 1. The molecule has 3 N–H and O–H groups in total. The Hall–Kier alpha value is -5.03. The highest BCUT2D eigenvalue weighted by Crippen LogP contribution is 2.31. The first-order chi connectivity index (χ1) is 22.9. The zero-order valence-corrected chi connectivity index (χ0v) is 28.5. The lowest BCUT2D eigenvalue weighted by atomic mass is 10.0. The second-order valence-electron chi connectivity index (χ2n) is 12.0. The number of carboxylic acids is 1. The molecule has 0 unspecified atom stereocenters. The van der Waals surface area contributed by atoms with Crippen LogP contribution in [0.3, 0.4) is 0 Å². The van der Waals surface area contributed by atoms with Crippen molar-refractivity contribution in [3.8, 4) is 17.2 Å². The van der Waals surface area contributed by atoms with Crippen LogP contribution in [-0.2, 0) is 32.7 Å². The number of ether oxygens (including phenoxy) is 2. The molecule has 254 valence electrons. The van der Waals surface area contributed by atoms with Gasteiger partial charge in [0.05, 0.1) is 18.6 Å². The molecule has 4 rings (SSSR count). The maximum absolute atomic E-state index is 12.1. The molecule has 11 heteroatoms. The van der Waals surface area contributed by atoms with E-state index in [1.807, 2.05) is 61.5 Å². The molecule has 0 aliphatic heterocycles. The summed E-state index contributed by atoms with van der Waals surface area (Å²) in [7, 11) is -3.43. The van der Waals surface area contributed by atoms with Gasteiger partial charge in [0.2, 0.25) is 15.9 Å². The van der Waals surface area contributed by atoms with Gasteiger partial charge in [-0.25, -0.2) is 13.2 Å². The zero-order chi connectivity index (χ0) is 34.7. The Morgan fingerprint density at radius 1 is 0.812 bits per heavy atom. The Balaban J connectivity index is 1.34. The summed E-state index contributed by atoms with van der Waals surface area (Å²) < 4.78 is 38.3. The number of rotatable bonds is 17. The second kappa shape index (κ2) is 16.7. The minimum absolute atomic E-state index is 0.171. The van der Waals surface area contributed by atoms with Crippen molar-refractivity contribution in [1.29, 1.82) is 0 Å². The van der Waals surface area contributed by atoms with E-state index in [9.17, 15) is 23.1 Å². The van der Waals surface area contributed by atoms with Gasteiger partial charge in [-0.2, -0.15) is 0 Å². The number of carbonyl (C=O) groups excluding carboxylic acids is 1. The van der Waals surface area contributed by atoms with Gasteiger partial charge in [-0.3, -0.25) is 9.52 Å². The smallest absolute Gasteiger partial charge is 0.326 e. The van der Waals surface area contributed by atoms with E-state index in [2.05, 4.69) is 27.1 Å². The summed E-state index contributed by atoms with van der Waals surface area (Å²) in [5.74, 6) is 0.379. The molecule has 0 spiro atoms. The number of nitrogens with zero attached hydrogens (tertiary/aromatic N) is 1. The molecule has 0 radical (unpaired) electrons. The number of carbonyl (C=O) groups is 2. The van der Waals surface area contributed by atoms with Crippen LogP contribution in [0.1, 0.15) is 43.4 Å². The Bertz CT molecular complexity index is 1760. The molecule has 0 aliphatic rings. The summed E-state index contributed by atoms with van der Waals surface area (Å²) in [5.41, 5.74) is 4.50. The van der Waals surface area contributed by atoms with Crippen molar-refractivity contribution in [2.45, 2.75) is 52.7 Å². The van der Waals surface area contributed by atoms with E-state index in [1.165, 1.54) is 0 Å². The number of carboxylic acid groups (broad SMARTS) is 1. The third kappa shape index (κ3) is 11.0. The van der Waals surface area contributed by atoms with Gasteiger partial charge >= 0.3 is 5.97 Å². The van der Waals surface area contributed by atoms with Crippen LogP contribution < -0.4 is 24.4 Å². The minimum Gasteiger partial charge on any atom is -0.494 e. The molecule has 0 heterocycles. The molecule has 0 saturated heterocycles. The molecule has 0 aliphatic carbocycles. The quantitative estimate of drug-likeness (QED) is 0.105. The first kappa shape index (κ1) is 35.8. The second-order valence-corrected chi connectivity index (χ2v) is 13.7. The van der Waals surface area contributed by atoms with E-state index >= 15 is 0 Å². The summed E-state index contributed by atoms with van der Waals surface area (Å²) in [6.07, 6.45) is 1.77. The lowest BCUT2D eigenvalue weighted by molar-refractivity contribution is -0.143. The van der Waals surface area contributed by atoms with Crippen LogP contribution in [0.2, 0.25) is 0 Å². The first-order valence-electron chi connectivity index (χ1n) is 15.8. The van der Waals surface area contributed by atoms with Crippen molar-refractivity contribution in [3.63, 3.8) is 0 Å². The summed E-state index contributed by atoms with van der Waals surface area (Å²) in [4.78, 5) is 25.6. The van der Waals surface area contributed by atoms with Gasteiger partial charge in [0.1, 0.15) is 23.3 Å². The third-order valence-electron chi connectivity index (χ3n) is 7.58. The van der Waals surface area contributed by atoms with Crippen molar-refractivity contribution in [3.05, 3.63) is 114 Å². The van der Waals surface area contributed by atoms with Crippen LogP contribution in [-0.4, -0.2) is 44.3 Å². The predicted molar refractivity (Wildman–Crippen MR) is 188 cm³/mol. The van der Waals surface area contributed by atoms with Gasteiger partial charge in [-0.05, 0) is 84.5 Å². The van der Waals surface area contributed by atoms with Gasteiger partial charge < -0.3 is 24.8 Å². The van der Waals surface area contributed by atoms with E-state index in [-0.39, 0.29) is 18.2 Å². The number of sulfonamides is 1. The number of aliphatic carboxylic acids is 1. The molecule has 1 atom stereocenters. The summed E-state index contributed by atoms with van der Waals surface area (Å²) in [6.45, 7) is 6.95. The van der Waals surface area contributed by atoms with Crippen molar-refractivity contribution < 1.29 is 32.6 Å². The van der Waals surface area contributed by atoms with E-state index in [0.717, 1.165) is 28.6 Å². The minimum atomic E-state index is -3.43. The van der Waals surface area contributed by atoms with E-state index in [4.69, 9.17) is 9.47 Å². The van der Waals surface area contributed by atoms with Gasteiger partial charge in [-0.15, -0.1) is 0 Å². The highest BCUT2D eigenvalue weighted by Gasteiger charge is 2.23. The van der Waals surface area contributed by atoms with Crippen LogP contribution in [0.25, 0.3) is 0 Å². The molecular weight excluding hydrogens is 630 g/mol. The van der Waals surface area contributed by atoms with Crippen molar-refractivity contribution in [1.82, 2.24) is 5.32 Å². The molecule has 0 bridgehead atoms. The van der Waals surface area contributed by atoms with Gasteiger partial charge in [0.25, 0.3) is 0 Å². The first-order valence-corrected chi connectivity index (χ1v) is 17.6. The molecular formula is C37H43N3O7S. The van der Waals surface area contributed by atoms with Crippen LogP contribution in [0.4, 0.5) is 11.4 Å². The van der Waals surface area contributed by atoms with E-state index in [0.29, 0.717) is 49.1 Å². The molecule has 10 nitrogen and oxygen atoms in total. The lowest BCUT2D eigenvalue weighted by Gasteiger charge is -2.28. The number of benzene rings is 4. The predicted octanol–water partition coefficient (Wildman–Crippen LogP) is 6.75. The van der Waals surface area contributed by atoms with Crippen LogP contribution in [0, 0.1) is 12.8 Å². The van der Waals surface area contributed by atoms with Crippen molar-refractivity contribution >= 4 is 33.3 Å². The number of anilines is 2. The summed E-state index contributed by atoms with van der Waals surface area (Å²) in [5, 5.41) is 11.8. The number of nitrogens with one attached hydrogen (secondary N) is 2. The Kier molecular flexibility index (Phi) is 12.5. The van der Waals surface area contributed by atoms with Crippen LogP contribution >= 0.6 is 0 Å². The summed E-state index contributed by atoms with van der Waals surface area (Å²) >= 11 is 0. The standard InChI is InChI=1S/C37H43N3O7S/c1-26(2)36(37(42)43)38-35(41)14-9-23-46-30-19-21-32(22-20-30)47-31-17-15-29(16-18-31)25-40(24-28-10-6-5-7-11-28)34-13-8-12-33(27(34)3)39-48(4,44)45/h5-8,10-13,15-22,26,36,39H,9,14,23-25H2,1-4H3,(H,38,41)(H,42,43)/t36-/m0/s1. The fourth-order valence-electron chi connectivity index (χ4n) is 5.11. The molecule has 1 amide bonds. The van der Waals surface area contributed by atoms with Crippen molar-refractivity contribution in [2.75, 3.05) is 22.5 Å². The lowest BCUT2D eigenvalue weighted by Crippen LogP contribution is -2.44. The Labute approximate surface area is 282 Å². The average molecular weight is 674 g/mol. The fourth-order valence-corrected chi connectivity index (χ4v) is 5.73.